The minimum Gasteiger partial charge on any atom is -0.498 e. The van der Waals surface area contributed by atoms with Crippen LogP contribution in [-0.4, -0.2) is 28.7 Å². The maximum Gasteiger partial charge on any atom is 0.264 e. The van der Waals surface area contributed by atoms with Gasteiger partial charge in [-0.25, -0.2) is 4.48 Å². The van der Waals surface area contributed by atoms with Crippen molar-refractivity contribution in [1.82, 2.24) is 4.90 Å². The third kappa shape index (κ3) is 3.15. The normalized spacial score (nSPS) is 21.8. The second kappa shape index (κ2) is 5.89. The molecule has 0 aliphatic carbocycles. The molecule has 1 heterocycles. The number of amides is 1. The van der Waals surface area contributed by atoms with Crippen molar-refractivity contribution in [3.63, 3.8) is 0 Å². The molecule has 19 heavy (non-hydrogen) atoms. The highest BCUT2D eigenvalue weighted by atomic mass is 16.4. The van der Waals surface area contributed by atoms with E-state index in [4.69, 9.17) is 0 Å². The first kappa shape index (κ1) is 13.6. The van der Waals surface area contributed by atoms with Crippen molar-refractivity contribution >= 4 is 6.09 Å². The van der Waals surface area contributed by atoms with Crippen LogP contribution >= 0.6 is 0 Å². The zero-order valence-corrected chi connectivity index (χ0v) is 11.3. The number of carbonyl (C=O) groups excluding carboxylic acids is 1. The Morgan fingerprint density at radius 2 is 2.11 bits per heavy atom. The van der Waals surface area contributed by atoms with Gasteiger partial charge in [-0.15, -0.1) is 0 Å². The van der Waals surface area contributed by atoms with E-state index in [1.54, 1.807) is 6.20 Å². The summed E-state index contributed by atoms with van der Waals surface area (Å²) in [5, 5.41) is 11.5. The molecule has 4 nitrogen and oxygen atoms in total. The van der Waals surface area contributed by atoms with E-state index in [2.05, 4.69) is 11.8 Å². The van der Waals surface area contributed by atoms with Crippen LogP contribution in [0.4, 0.5) is 4.79 Å². The molecule has 1 atom stereocenters. The van der Waals surface area contributed by atoms with Gasteiger partial charge in [-0.05, 0) is 6.42 Å². The summed E-state index contributed by atoms with van der Waals surface area (Å²) in [7, 11) is 0. The quantitative estimate of drug-likeness (QED) is 0.759. The van der Waals surface area contributed by atoms with Crippen LogP contribution < -0.4 is 5.11 Å². The minimum absolute atomic E-state index is 0.145. The van der Waals surface area contributed by atoms with Crippen LogP contribution in [0.3, 0.4) is 0 Å². The Kier molecular flexibility index (Phi) is 4.22. The first-order chi connectivity index (χ1) is 9.16. The minimum atomic E-state index is -1.04. The largest absolute Gasteiger partial charge is 0.498 e. The Balaban J connectivity index is 2.09. The Morgan fingerprint density at radius 3 is 2.74 bits per heavy atom. The van der Waals surface area contributed by atoms with Gasteiger partial charge in [0.25, 0.3) is 6.09 Å². The van der Waals surface area contributed by atoms with Crippen molar-refractivity contribution in [1.29, 1.82) is 0 Å². The first-order valence-electron chi connectivity index (χ1n) is 6.72. The van der Waals surface area contributed by atoms with Gasteiger partial charge in [0.1, 0.15) is 12.7 Å². The van der Waals surface area contributed by atoms with E-state index in [1.807, 2.05) is 36.5 Å². The topological polar surface area (TPSA) is 43.4 Å². The average molecular weight is 260 g/mol. The molecule has 0 saturated carbocycles. The van der Waals surface area contributed by atoms with Gasteiger partial charge in [0.15, 0.2) is 6.67 Å². The van der Waals surface area contributed by atoms with Crippen LogP contribution in [-0.2, 0) is 6.54 Å². The third-order valence-electron chi connectivity index (χ3n) is 3.47. The Bertz CT molecular complexity index is 458. The number of benzene rings is 1. The van der Waals surface area contributed by atoms with Gasteiger partial charge in [0, 0.05) is 12.1 Å². The summed E-state index contributed by atoms with van der Waals surface area (Å²) < 4.78 is -0.145. The molecule has 1 aromatic rings. The van der Waals surface area contributed by atoms with Crippen LogP contribution in [0.15, 0.2) is 42.7 Å². The predicted molar refractivity (Wildman–Crippen MR) is 71.4 cm³/mol. The average Bonchev–Trinajstić information content (AvgIpc) is 2.82. The number of nitrogens with zero attached hydrogens (tertiary/aromatic N) is 2. The van der Waals surface area contributed by atoms with Gasteiger partial charge in [-0.3, -0.25) is 0 Å². The highest BCUT2D eigenvalue weighted by molar-refractivity contribution is 5.55. The van der Waals surface area contributed by atoms with Crippen molar-refractivity contribution in [2.24, 2.45) is 0 Å². The second-order valence-corrected chi connectivity index (χ2v) is 5.05. The van der Waals surface area contributed by atoms with Crippen molar-refractivity contribution in [2.45, 2.75) is 26.3 Å². The molecule has 2 rings (SSSR count). The van der Waals surface area contributed by atoms with Gasteiger partial charge in [0.05, 0.1) is 6.20 Å². The molecule has 0 spiro atoms. The molecule has 102 valence electrons. The molecular weight excluding hydrogens is 240 g/mol. The summed E-state index contributed by atoms with van der Waals surface area (Å²) in [6, 6.07) is 9.68. The standard InChI is InChI=1S/C15H20N2O2/c1-2-3-9-16-10-11-17(13-16,15(18)19)12-14-7-5-4-6-8-14/h4-8,10-11H,2-3,9,12-13H2,1H3. The Labute approximate surface area is 114 Å². The van der Waals surface area contributed by atoms with Crippen LogP contribution in [0.25, 0.3) is 0 Å². The molecule has 4 heteroatoms. The van der Waals surface area contributed by atoms with Crippen molar-refractivity contribution in [3.05, 3.63) is 48.3 Å². The van der Waals surface area contributed by atoms with E-state index >= 15 is 0 Å². The lowest BCUT2D eigenvalue weighted by Crippen LogP contribution is -2.55. The fourth-order valence-corrected chi connectivity index (χ4v) is 2.34. The number of hydrogen-bond donors (Lipinski definition) is 0. The van der Waals surface area contributed by atoms with Crippen LogP contribution in [0.2, 0.25) is 0 Å². The van der Waals surface area contributed by atoms with Crippen LogP contribution in [0.5, 0.6) is 0 Å². The molecule has 1 aromatic carbocycles. The van der Waals surface area contributed by atoms with Crippen molar-refractivity contribution in [2.75, 3.05) is 13.2 Å². The summed E-state index contributed by atoms with van der Waals surface area (Å²) in [6.45, 7) is 3.92. The SMILES string of the molecule is CCCCN1C=C[N+](Cc2ccccc2)(C(=O)[O-])C1. The zero-order valence-electron chi connectivity index (χ0n) is 11.3. The first-order valence-corrected chi connectivity index (χ1v) is 6.72. The van der Waals surface area contributed by atoms with Gasteiger partial charge < -0.3 is 14.8 Å². The Morgan fingerprint density at radius 1 is 1.37 bits per heavy atom. The fraction of sp³-hybridized carbons (Fsp3) is 0.400. The molecular formula is C15H20N2O2. The maximum absolute atomic E-state index is 11.5. The summed E-state index contributed by atoms with van der Waals surface area (Å²) in [4.78, 5) is 13.6. The molecule has 1 amide bonds. The Hall–Kier alpha value is -1.81. The van der Waals surface area contributed by atoms with E-state index in [0.29, 0.717) is 13.2 Å². The molecule has 0 radical (unpaired) electrons. The fourth-order valence-electron chi connectivity index (χ4n) is 2.34. The monoisotopic (exact) mass is 260 g/mol. The maximum atomic E-state index is 11.5. The summed E-state index contributed by atoms with van der Waals surface area (Å²) in [5.74, 6) is 0. The smallest absolute Gasteiger partial charge is 0.264 e. The number of carboxylic acid groups (broad SMARTS) is 1. The highest BCUT2D eigenvalue weighted by Gasteiger charge is 2.34. The molecule has 0 N–H and O–H groups in total. The number of quaternary nitrogens is 1. The molecule has 0 saturated heterocycles. The molecule has 0 bridgehead atoms. The van der Waals surface area contributed by atoms with Gasteiger partial charge in [-0.2, -0.15) is 0 Å². The summed E-state index contributed by atoms with van der Waals surface area (Å²) in [5.41, 5.74) is 1.01. The lowest BCUT2D eigenvalue weighted by molar-refractivity contribution is -0.843. The number of hydrogen-bond acceptors (Lipinski definition) is 3. The van der Waals surface area contributed by atoms with E-state index in [1.165, 1.54) is 0 Å². The van der Waals surface area contributed by atoms with E-state index in [9.17, 15) is 9.90 Å². The molecule has 0 aromatic heterocycles. The summed E-state index contributed by atoms with van der Waals surface area (Å²) in [6.07, 6.45) is 4.75. The lowest BCUT2D eigenvalue weighted by atomic mass is 10.2. The molecule has 1 aliphatic heterocycles. The third-order valence-corrected chi connectivity index (χ3v) is 3.47. The molecule has 1 unspecified atom stereocenters. The van der Waals surface area contributed by atoms with Gasteiger partial charge in [0.2, 0.25) is 0 Å². The predicted octanol–water partition coefficient (Wildman–Crippen LogP) is 1.89. The summed E-state index contributed by atoms with van der Waals surface area (Å²) >= 11 is 0. The van der Waals surface area contributed by atoms with Crippen LogP contribution in [0, 0.1) is 0 Å². The van der Waals surface area contributed by atoms with E-state index < -0.39 is 6.09 Å². The lowest BCUT2D eigenvalue weighted by Gasteiger charge is -2.32. The van der Waals surface area contributed by atoms with E-state index in [-0.39, 0.29) is 4.48 Å². The highest BCUT2D eigenvalue weighted by Crippen LogP contribution is 2.22. The number of carbonyl (C=O) groups is 1. The number of rotatable bonds is 5. The van der Waals surface area contributed by atoms with Crippen molar-refractivity contribution in [3.8, 4) is 0 Å². The van der Waals surface area contributed by atoms with Crippen LogP contribution in [0.1, 0.15) is 25.3 Å². The van der Waals surface area contributed by atoms with E-state index in [0.717, 1.165) is 24.9 Å². The zero-order chi connectivity index (χ0) is 13.7. The number of unbranched alkanes of at least 4 members (excludes halogenated alkanes) is 1. The van der Waals surface area contributed by atoms with Gasteiger partial charge in [-0.1, -0.05) is 43.7 Å². The van der Waals surface area contributed by atoms with Crippen molar-refractivity contribution < 1.29 is 14.4 Å². The molecule has 0 fully saturated rings. The molecule has 1 aliphatic rings. The van der Waals surface area contributed by atoms with Gasteiger partial charge >= 0.3 is 0 Å². The second-order valence-electron chi connectivity index (χ2n) is 5.05.